The summed E-state index contributed by atoms with van der Waals surface area (Å²) in [6.07, 6.45) is 1.49. The molecule has 0 saturated carbocycles. The first kappa shape index (κ1) is 29.1. The second-order valence-electron chi connectivity index (χ2n) is 8.69. The Hall–Kier alpha value is -2.93. The smallest absolute Gasteiger partial charge is 0.408 e. The Balaban J connectivity index is 2.31. The summed E-state index contributed by atoms with van der Waals surface area (Å²) in [6.45, 7) is 10.5. The number of aliphatic hydroxyl groups excluding tert-OH is 1. The Bertz CT molecular complexity index is 840. The lowest BCUT2D eigenvalue weighted by atomic mass is 10.2. The van der Waals surface area contributed by atoms with Crippen LogP contribution in [0.1, 0.15) is 52.8 Å². The van der Waals surface area contributed by atoms with Gasteiger partial charge in [0.1, 0.15) is 23.7 Å². The highest BCUT2D eigenvalue weighted by atomic mass is 32.1. The monoisotopic (exact) mass is 500 g/mol. The van der Waals surface area contributed by atoms with E-state index in [2.05, 4.69) is 31.6 Å². The van der Waals surface area contributed by atoms with Gasteiger partial charge in [-0.1, -0.05) is 11.3 Å². The molecule has 1 aromatic heterocycles. The van der Waals surface area contributed by atoms with Gasteiger partial charge in [0.05, 0.1) is 11.5 Å². The molecule has 0 fully saturated rings. The molecule has 1 rings (SSSR count). The van der Waals surface area contributed by atoms with E-state index < -0.39 is 41.6 Å². The maximum Gasteiger partial charge on any atom is 0.408 e. The number of aliphatic hydroxyl groups is 1. The molecule has 12 nitrogen and oxygen atoms in total. The van der Waals surface area contributed by atoms with E-state index in [1.807, 2.05) is 0 Å². The largest absolute Gasteiger partial charge is 0.444 e. The van der Waals surface area contributed by atoms with Gasteiger partial charge in [0.2, 0.25) is 17.7 Å². The maximum atomic E-state index is 12.3. The van der Waals surface area contributed by atoms with Crippen LogP contribution in [-0.2, 0) is 25.7 Å². The van der Waals surface area contributed by atoms with E-state index in [1.165, 1.54) is 25.2 Å². The van der Waals surface area contributed by atoms with Crippen molar-refractivity contribution in [3.8, 4) is 0 Å². The molecule has 0 bridgehead atoms. The lowest BCUT2D eigenvalue weighted by molar-refractivity contribution is -0.131. The summed E-state index contributed by atoms with van der Waals surface area (Å²) in [4.78, 5) is 53.4. The molecule has 0 aliphatic carbocycles. The van der Waals surface area contributed by atoms with Crippen molar-refractivity contribution in [2.45, 2.75) is 78.3 Å². The van der Waals surface area contributed by atoms with Crippen LogP contribution < -0.4 is 26.6 Å². The van der Waals surface area contributed by atoms with Crippen LogP contribution in [0.15, 0.2) is 6.20 Å². The predicted molar refractivity (Wildman–Crippen MR) is 128 cm³/mol. The van der Waals surface area contributed by atoms with Gasteiger partial charge in [-0.2, -0.15) is 0 Å². The Morgan fingerprint density at radius 2 is 1.53 bits per heavy atom. The van der Waals surface area contributed by atoms with Gasteiger partial charge in [0.15, 0.2) is 5.13 Å². The fourth-order valence-corrected chi connectivity index (χ4v) is 3.17. The molecule has 192 valence electrons. The fourth-order valence-electron chi connectivity index (χ4n) is 2.47. The molecule has 0 unspecified atom stereocenters. The third-order valence-corrected chi connectivity index (χ3v) is 5.21. The third kappa shape index (κ3) is 11.3. The number of ether oxygens (including phenoxy) is 1. The van der Waals surface area contributed by atoms with Gasteiger partial charge >= 0.3 is 6.09 Å². The van der Waals surface area contributed by atoms with E-state index >= 15 is 0 Å². The van der Waals surface area contributed by atoms with Gasteiger partial charge in [-0.05, 0) is 48.0 Å². The van der Waals surface area contributed by atoms with Crippen LogP contribution in [0.5, 0.6) is 0 Å². The van der Waals surface area contributed by atoms with Crippen molar-refractivity contribution in [1.29, 1.82) is 0 Å². The van der Waals surface area contributed by atoms with E-state index in [1.54, 1.807) is 33.9 Å². The standard InChI is InChI=1S/C21H36N6O6S/c1-12(16(29)22-8-7-9-23-19-24-10-15(11-28)34-19)25-17(30)13(2)26-18(31)14(3)27-20(32)33-21(4,5)6/h10,12-14,28H,7-9,11H2,1-6H3,(H,22,29)(H,23,24)(H,25,30)(H,26,31)(H,27,32)/t12-,13-,14-/m0/s1. The minimum absolute atomic E-state index is 0.0523. The Labute approximate surface area is 203 Å². The number of carbonyl (C=O) groups is 4. The van der Waals surface area contributed by atoms with Crippen molar-refractivity contribution in [3.63, 3.8) is 0 Å². The number of carbonyl (C=O) groups excluding carboxylic acids is 4. The number of hydrogen-bond donors (Lipinski definition) is 6. The summed E-state index contributed by atoms with van der Waals surface area (Å²) in [5.74, 6) is -1.46. The van der Waals surface area contributed by atoms with Crippen molar-refractivity contribution >= 4 is 40.3 Å². The minimum Gasteiger partial charge on any atom is -0.444 e. The quantitative estimate of drug-likeness (QED) is 0.225. The number of anilines is 1. The van der Waals surface area contributed by atoms with E-state index in [-0.39, 0.29) is 12.5 Å². The first-order valence-corrected chi connectivity index (χ1v) is 11.8. The van der Waals surface area contributed by atoms with Crippen LogP contribution in [0.2, 0.25) is 0 Å². The minimum atomic E-state index is -0.919. The van der Waals surface area contributed by atoms with Crippen LogP contribution in [0.4, 0.5) is 9.93 Å². The van der Waals surface area contributed by atoms with Gasteiger partial charge in [0.25, 0.3) is 0 Å². The molecule has 1 heterocycles. The summed E-state index contributed by atoms with van der Waals surface area (Å²) in [5, 5.41) is 23.0. The molecule has 34 heavy (non-hydrogen) atoms. The highest BCUT2D eigenvalue weighted by Gasteiger charge is 2.25. The molecule has 0 saturated heterocycles. The number of rotatable bonds is 12. The molecule has 13 heteroatoms. The Morgan fingerprint density at radius 1 is 0.971 bits per heavy atom. The zero-order valence-corrected chi connectivity index (χ0v) is 21.3. The van der Waals surface area contributed by atoms with Crippen LogP contribution in [-0.4, -0.2) is 70.7 Å². The Kier molecular flexibility index (Phi) is 11.7. The van der Waals surface area contributed by atoms with Gasteiger partial charge in [-0.15, -0.1) is 0 Å². The number of aromatic nitrogens is 1. The number of alkyl carbamates (subject to hydrolysis) is 1. The molecular formula is C21H36N6O6S. The van der Waals surface area contributed by atoms with Crippen LogP contribution in [0.25, 0.3) is 0 Å². The summed E-state index contributed by atoms with van der Waals surface area (Å²) in [5.41, 5.74) is -0.702. The zero-order valence-electron chi connectivity index (χ0n) is 20.5. The predicted octanol–water partition coefficient (Wildman–Crippen LogP) is 0.476. The zero-order chi connectivity index (χ0) is 25.9. The second-order valence-corrected chi connectivity index (χ2v) is 9.80. The Morgan fingerprint density at radius 3 is 2.06 bits per heavy atom. The lowest BCUT2D eigenvalue weighted by Gasteiger charge is -2.23. The van der Waals surface area contributed by atoms with E-state index in [0.717, 1.165) is 4.88 Å². The van der Waals surface area contributed by atoms with Crippen molar-refractivity contribution in [3.05, 3.63) is 11.1 Å². The molecule has 0 aromatic carbocycles. The molecule has 0 spiro atoms. The molecule has 0 aliphatic rings. The van der Waals surface area contributed by atoms with E-state index in [4.69, 9.17) is 9.84 Å². The third-order valence-electron chi connectivity index (χ3n) is 4.27. The molecule has 4 amide bonds. The highest BCUT2D eigenvalue weighted by molar-refractivity contribution is 7.15. The topological polar surface area (TPSA) is 171 Å². The average molecular weight is 501 g/mol. The summed E-state index contributed by atoms with van der Waals surface area (Å²) >= 11 is 1.36. The highest BCUT2D eigenvalue weighted by Crippen LogP contribution is 2.17. The SMILES string of the molecule is C[C@H](NC(=O)OC(C)(C)C)C(=O)N[C@@H](C)C(=O)N[C@@H](C)C(=O)NCCCNc1ncc(CO)s1. The number of nitrogens with zero attached hydrogens (tertiary/aromatic N) is 1. The van der Waals surface area contributed by atoms with Crippen molar-refractivity contribution in [2.24, 2.45) is 0 Å². The molecule has 3 atom stereocenters. The van der Waals surface area contributed by atoms with E-state index in [0.29, 0.717) is 24.6 Å². The van der Waals surface area contributed by atoms with Crippen molar-refractivity contribution in [1.82, 2.24) is 26.3 Å². The number of hydrogen-bond acceptors (Lipinski definition) is 9. The number of amides is 4. The maximum absolute atomic E-state index is 12.3. The van der Waals surface area contributed by atoms with Gasteiger partial charge < -0.3 is 36.4 Å². The average Bonchev–Trinajstić information content (AvgIpc) is 3.19. The van der Waals surface area contributed by atoms with Gasteiger partial charge in [-0.25, -0.2) is 9.78 Å². The van der Waals surface area contributed by atoms with Crippen molar-refractivity contribution < 1.29 is 29.0 Å². The van der Waals surface area contributed by atoms with E-state index in [9.17, 15) is 19.2 Å². The summed E-state index contributed by atoms with van der Waals surface area (Å²) in [6, 6.07) is -2.64. The normalized spacial score (nSPS) is 13.7. The molecule has 1 aromatic rings. The number of nitrogens with one attached hydrogen (secondary N) is 5. The van der Waals surface area contributed by atoms with Gasteiger partial charge in [0, 0.05) is 19.3 Å². The van der Waals surface area contributed by atoms with Crippen LogP contribution in [0.3, 0.4) is 0 Å². The lowest BCUT2D eigenvalue weighted by Crippen LogP contribution is -2.54. The second kappa shape index (κ2) is 13.7. The summed E-state index contributed by atoms with van der Waals surface area (Å²) < 4.78 is 5.10. The molecule has 6 N–H and O–H groups in total. The van der Waals surface area contributed by atoms with Gasteiger partial charge in [-0.3, -0.25) is 14.4 Å². The van der Waals surface area contributed by atoms with Crippen LogP contribution >= 0.6 is 11.3 Å². The molecule has 0 radical (unpaired) electrons. The first-order valence-electron chi connectivity index (χ1n) is 11.0. The molecular weight excluding hydrogens is 464 g/mol. The summed E-state index contributed by atoms with van der Waals surface area (Å²) in [7, 11) is 0. The molecule has 0 aliphatic heterocycles. The fraction of sp³-hybridized carbons (Fsp3) is 0.667. The number of thiazole rings is 1. The van der Waals surface area contributed by atoms with Crippen LogP contribution in [0, 0.1) is 0 Å². The van der Waals surface area contributed by atoms with Crippen molar-refractivity contribution in [2.75, 3.05) is 18.4 Å². The first-order chi connectivity index (χ1) is 15.8.